The summed E-state index contributed by atoms with van der Waals surface area (Å²) in [6.45, 7) is 4.76. The van der Waals surface area contributed by atoms with Gasteiger partial charge in [0.25, 0.3) is 0 Å². The summed E-state index contributed by atoms with van der Waals surface area (Å²) in [7, 11) is 0. The Kier molecular flexibility index (Phi) is 8.04. The summed E-state index contributed by atoms with van der Waals surface area (Å²) < 4.78 is 9.76. The molecule has 0 saturated carbocycles. The molecule has 2 amide bonds. The van der Waals surface area contributed by atoms with E-state index in [2.05, 4.69) is 20.3 Å². The molecule has 0 unspecified atom stereocenters. The molecule has 2 rings (SSSR count). The molecule has 30 heavy (non-hydrogen) atoms. The second kappa shape index (κ2) is 10.5. The minimum absolute atomic E-state index is 0.0491. The third-order valence-electron chi connectivity index (χ3n) is 4.07. The van der Waals surface area contributed by atoms with Crippen LogP contribution < -0.4 is 10.7 Å². The Morgan fingerprint density at radius 1 is 1.10 bits per heavy atom. The van der Waals surface area contributed by atoms with Crippen LogP contribution in [0.2, 0.25) is 0 Å². The average molecular weight is 438 g/mol. The van der Waals surface area contributed by atoms with Crippen molar-refractivity contribution in [2.45, 2.75) is 40.0 Å². The highest BCUT2D eigenvalue weighted by Crippen LogP contribution is 2.39. The lowest BCUT2D eigenvalue weighted by Crippen LogP contribution is -2.34. The summed E-state index contributed by atoms with van der Waals surface area (Å²) in [5, 5.41) is 17.9. The number of ether oxygens (including phenoxy) is 2. The number of hydrogen-bond donors (Lipinski definition) is 3. The quantitative estimate of drug-likeness (QED) is 0.190. The molecular weight excluding hydrogens is 416 g/mol. The Balaban J connectivity index is 2.11. The molecular formula is C18H22N4O7S. The second-order valence-corrected chi connectivity index (χ2v) is 7.15. The van der Waals surface area contributed by atoms with Crippen molar-refractivity contribution in [3.63, 3.8) is 0 Å². The molecule has 0 spiro atoms. The molecule has 3 N–H and O–H groups in total. The smallest absolute Gasteiger partial charge is 0.362 e. The number of nitrogens with one attached hydrogen (secondary N) is 2. The van der Waals surface area contributed by atoms with Crippen molar-refractivity contribution in [3.8, 4) is 0 Å². The molecule has 12 heteroatoms. The monoisotopic (exact) mass is 438 g/mol. The number of carbonyl (C=O) groups excluding carboxylic acids is 4. The van der Waals surface area contributed by atoms with Crippen molar-refractivity contribution in [2.75, 3.05) is 18.5 Å². The van der Waals surface area contributed by atoms with E-state index in [4.69, 9.17) is 9.94 Å². The Morgan fingerprint density at radius 2 is 1.80 bits per heavy atom. The third-order valence-corrected chi connectivity index (χ3v) is 5.28. The van der Waals surface area contributed by atoms with Crippen LogP contribution in [-0.2, 0) is 36.7 Å². The summed E-state index contributed by atoms with van der Waals surface area (Å²) in [6.07, 6.45) is 2.39. The summed E-state index contributed by atoms with van der Waals surface area (Å²) in [6, 6.07) is 0. The number of hydrazone groups is 1. The number of esters is 2. The van der Waals surface area contributed by atoms with Gasteiger partial charge in [0.2, 0.25) is 5.71 Å². The number of carbonyl (C=O) groups is 4. The van der Waals surface area contributed by atoms with Gasteiger partial charge in [0, 0.05) is 4.88 Å². The molecule has 162 valence electrons. The molecule has 1 heterocycles. The highest BCUT2D eigenvalue weighted by Gasteiger charge is 2.29. The van der Waals surface area contributed by atoms with Gasteiger partial charge >= 0.3 is 23.8 Å². The van der Waals surface area contributed by atoms with Gasteiger partial charge in [-0.3, -0.25) is 9.59 Å². The fourth-order valence-electron chi connectivity index (χ4n) is 2.77. The first-order valence-electron chi connectivity index (χ1n) is 9.20. The number of rotatable bonds is 7. The molecule has 1 aliphatic rings. The number of nitrogens with zero attached hydrogens (tertiary/aromatic N) is 2. The molecule has 11 nitrogen and oxygen atoms in total. The van der Waals surface area contributed by atoms with Gasteiger partial charge in [-0.15, -0.1) is 11.3 Å². The van der Waals surface area contributed by atoms with Crippen molar-refractivity contribution in [3.05, 3.63) is 16.0 Å². The van der Waals surface area contributed by atoms with E-state index in [-0.39, 0.29) is 29.5 Å². The zero-order chi connectivity index (χ0) is 22.3. The van der Waals surface area contributed by atoms with E-state index in [1.807, 2.05) is 5.43 Å². The minimum atomic E-state index is -1.14. The van der Waals surface area contributed by atoms with E-state index in [0.29, 0.717) is 6.42 Å². The molecule has 0 saturated heterocycles. The van der Waals surface area contributed by atoms with Crippen LogP contribution in [0.5, 0.6) is 0 Å². The van der Waals surface area contributed by atoms with Crippen molar-refractivity contribution >= 4 is 51.5 Å². The number of oxime groups is 1. The first-order chi connectivity index (χ1) is 14.3. The molecule has 0 bridgehead atoms. The van der Waals surface area contributed by atoms with E-state index in [0.717, 1.165) is 23.3 Å². The number of aryl methyl sites for hydroxylation is 1. The summed E-state index contributed by atoms with van der Waals surface area (Å²) in [5.74, 6) is -3.69. The van der Waals surface area contributed by atoms with Gasteiger partial charge < -0.3 is 20.0 Å². The molecule has 1 aliphatic carbocycles. The van der Waals surface area contributed by atoms with Crippen molar-refractivity contribution < 1.29 is 33.9 Å². The van der Waals surface area contributed by atoms with Crippen molar-refractivity contribution in [1.29, 1.82) is 0 Å². The molecule has 0 radical (unpaired) electrons. The van der Waals surface area contributed by atoms with Gasteiger partial charge in [0.15, 0.2) is 0 Å². The normalized spacial score (nSPS) is 13.4. The van der Waals surface area contributed by atoms with E-state index >= 15 is 0 Å². The van der Waals surface area contributed by atoms with E-state index in [1.54, 1.807) is 13.8 Å². The number of amides is 2. The fraction of sp³-hybridized carbons (Fsp3) is 0.444. The van der Waals surface area contributed by atoms with Gasteiger partial charge in [0.05, 0.1) is 24.5 Å². The maximum absolute atomic E-state index is 12.3. The zero-order valence-electron chi connectivity index (χ0n) is 16.7. The van der Waals surface area contributed by atoms with Gasteiger partial charge in [0.1, 0.15) is 5.00 Å². The predicted molar refractivity (Wildman–Crippen MR) is 108 cm³/mol. The van der Waals surface area contributed by atoms with Crippen LogP contribution in [0, 0.1) is 0 Å². The summed E-state index contributed by atoms with van der Waals surface area (Å²) in [4.78, 5) is 49.2. The summed E-state index contributed by atoms with van der Waals surface area (Å²) >= 11 is 1.23. The van der Waals surface area contributed by atoms with Gasteiger partial charge in [-0.05, 0) is 45.6 Å². The standard InChI is InChI=1S/C18H22N4O7S/c1-4-28-17(25)12-10-7-6-8-11(10)30-16(12)19-14(23)15(24)21-20-9(3)13(22-27)18(26)29-5-2/h27H,4-8H2,1-3H3,(H,19,23)(H,21,24)/b20-9+,22-13-. The molecule has 0 fully saturated rings. The number of fused-ring (bicyclic) bond motifs is 1. The average Bonchev–Trinajstić information content (AvgIpc) is 3.27. The van der Waals surface area contributed by atoms with Gasteiger partial charge in [-0.1, -0.05) is 5.16 Å². The zero-order valence-corrected chi connectivity index (χ0v) is 17.6. The fourth-order valence-corrected chi connectivity index (χ4v) is 4.04. The molecule has 0 aliphatic heterocycles. The predicted octanol–water partition coefficient (Wildman–Crippen LogP) is 1.24. The number of hydrogen-bond acceptors (Lipinski definition) is 10. The lowest BCUT2D eigenvalue weighted by molar-refractivity contribution is -0.136. The van der Waals surface area contributed by atoms with E-state index < -0.39 is 29.5 Å². The van der Waals surface area contributed by atoms with Crippen molar-refractivity contribution in [2.24, 2.45) is 10.3 Å². The van der Waals surface area contributed by atoms with Crippen LogP contribution in [0.15, 0.2) is 10.3 Å². The van der Waals surface area contributed by atoms with Crippen LogP contribution in [0.4, 0.5) is 5.00 Å². The highest BCUT2D eigenvalue weighted by molar-refractivity contribution is 7.17. The minimum Gasteiger partial charge on any atom is -0.462 e. The Bertz CT molecular complexity index is 920. The van der Waals surface area contributed by atoms with Crippen LogP contribution in [0.1, 0.15) is 48.0 Å². The number of thiophene rings is 1. The SMILES string of the molecule is CCOC(=O)C(=N\O)/C(C)=N/NC(=O)C(=O)Nc1sc2c(c1C(=O)OCC)CCC2. The van der Waals surface area contributed by atoms with Crippen LogP contribution in [0.3, 0.4) is 0 Å². The van der Waals surface area contributed by atoms with Crippen LogP contribution >= 0.6 is 11.3 Å². The largest absolute Gasteiger partial charge is 0.462 e. The lowest BCUT2D eigenvalue weighted by atomic mass is 10.1. The Labute approximate surface area is 176 Å². The Morgan fingerprint density at radius 3 is 2.43 bits per heavy atom. The highest BCUT2D eigenvalue weighted by atomic mass is 32.1. The number of anilines is 1. The van der Waals surface area contributed by atoms with Crippen molar-refractivity contribution in [1.82, 2.24) is 5.43 Å². The maximum atomic E-state index is 12.3. The van der Waals surface area contributed by atoms with Gasteiger partial charge in [-0.2, -0.15) is 5.10 Å². The van der Waals surface area contributed by atoms with E-state index in [9.17, 15) is 19.2 Å². The van der Waals surface area contributed by atoms with Crippen LogP contribution in [-0.4, -0.2) is 53.6 Å². The van der Waals surface area contributed by atoms with E-state index in [1.165, 1.54) is 18.3 Å². The molecule has 1 aromatic rings. The Hall–Kier alpha value is -3.28. The van der Waals surface area contributed by atoms with Crippen LogP contribution in [0.25, 0.3) is 0 Å². The summed E-state index contributed by atoms with van der Waals surface area (Å²) in [5.41, 5.74) is 2.38. The second-order valence-electron chi connectivity index (χ2n) is 6.04. The third kappa shape index (κ3) is 5.20. The lowest BCUT2D eigenvalue weighted by Gasteiger charge is -2.07. The maximum Gasteiger partial charge on any atom is 0.362 e. The first kappa shape index (κ1) is 23.0. The molecule has 0 aromatic carbocycles. The topological polar surface area (TPSA) is 156 Å². The van der Waals surface area contributed by atoms with Gasteiger partial charge in [-0.25, -0.2) is 15.0 Å². The molecule has 1 aromatic heterocycles. The molecule has 0 atom stereocenters. The first-order valence-corrected chi connectivity index (χ1v) is 10.0.